The summed E-state index contributed by atoms with van der Waals surface area (Å²) in [6, 6.07) is 0.665. The predicted molar refractivity (Wildman–Crippen MR) is 87.0 cm³/mol. The van der Waals surface area contributed by atoms with E-state index in [0.717, 1.165) is 38.0 Å². The molecule has 1 saturated carbocycles. The SMILES string of the molecule is CCNC1CCC(CC)CC1CN(CC)CC(C)(C)O. The number of nitrogens with zero attached hydrogens (tertiary/aromatic N) is 1. The summed E-state index contributed by atoms with van der Waals surface area (Å²) in [5.74, 6) is 1.63. The van der Waals surface area contributed by atoms with Crippen molar-refractivity contribution in [3.8, 4) is 0 Å². The number of hydrogen-bond acceptors (Lipinski definition) is 3. The third kappa shape index (κ3) is 6.11. The van der Waals surface area contributed by atoms with Crippen molar-refractivity contribution in [3.63, 3.8) is 0 Å². The topological polar surface area (TPSA) is 35.5 Å². The second-order valence-corrected chi connectivity index (χ2v) is 7.15. The van der Waals surface area contributed by atoms with Crippen molar-refractivity contribution >= 4 is 0 Å². The van der Waals surface area contributed by atoms with E-state index in [2.05, 4.69) is 31.0 Å². The maximum Gasteiger partial charge on any atom is 0.0718 e. The molecule has 0 saturated heterocycles. The van der Waals surface area contributed by atoms with E-state index in [1.807, 2.05) is 13.8 Å². The van der Waals surface area contributed by atoms with Crippen molar-refractivity contribution in [2.45, 2.75) is 71.9 Å². The molecule has 0 aromatic heterocycles. The Morgan fingerprint density at radius 3 is 2.40 bits per heavy atom. The summed E-state index contributed by atoms with van der Waals surface area (Å²) in [5, 5.41) is 13.7. The van der Waals surface area contributed by atoms with Crippen LogP contribution in [-0.4, -0.2) is 47.8 Å². The van der Waals surface area contributed by atoms with Crippen LogP contribution in [0.4, 0.5) is 0 Å². The fraction of sp³-hybridized carbons (Fsp3) is 1.00. The standard InChI is InChI=1S/C17H36N2O/c1-6-14-9-10-16(18-7-2)15(11-14)12-19(8-3)13-17(4,5)20/h14-16,18,20H,6-13H2,1-5H3. The lowest BCUT2D eigenvalue weighted by Crippen LogP contribution is -2.48. The number of nitrogens with one attached hydrogen (secondary N) is 1. The molecule has 2 N–H and O–H groups in total. The third-order valence-electron chi connectivity index (χ3n) is 4.69. The molecule has 0 amide bonds. The molecule has 120 valence electrons. The first-order valence-electron chi connectivity index (χ1n) is 8.57. The van der Waals surface area contributed by atoms with Crippen LogP contribution in [0.1, 0.15) is 60.3 Å². The average molecular weight is 284 g/mol. The fourth-order valence-electron chi connectivity index (χ4n) is 3.65. The van der Waals surface area contributed by atoms with Gasteiger partial charge in [0.05, 0.1) is 5.60 Å². The van der Waals surface area contributed by atoms with Crippen LogP contribution in [0.15, 0.2) is 0 Å². The number of aliphatic hydroxyl groups is 1. The molecular weight excluding hydrogens is 248 g/mol. The van der Waals surface area contributed by atoms with E-state index in [4.69, 9.17) is 0 Å². The van der Waals surface area contributed by atoms with Gasteiger partial charge in [0.1, 0.15) is 0 Å². The molecule has 0 radical (unpaired) electrons. The Bertz CT molecular complexity index is 262. The summed E-state index contributed by atoms with van der Waals surface area (Å²) in [7, 11) is 0. The maximum atomic E-state index is 10.1. The highest BCUT2D eigenvalue weighted by Crippen LogP contribution is 2.32. The zero-order valence-corrected chi connectivity index (χ0v) is 14.3. The van der Waals surface area contributed by atoms with E-state index in [-0.39, 0.29) is 0 Å². The summed E-state index contributed by atoms with van der Waals surface area (Å²) in [6.07, 6.45) is 5.35. The largest absolute Gasteiger partial charge is 0.389 e. The van der Waals surface area contributed by atoms with Gasteiger partial charge in [0.15, 0.2) is 0 Å². The molecule has 1 aliphatic carbocycles. The Morgan fingerprint density at radius 2 is 1.90 bits per heavy atom. The van der Waals surface area contributed by atoms with Gasteiger partial charge in [0.2, 0.25) is 0 Å². The predicted octanol–water partition coefficient (Wildman–Crippen LogP) is 2.88. The third-order valence-corrected chi connectivity index (χ3v) is 4.69. The van der Waals surface area contributed by atoms with Crippen molar-refractivity contribution in [2.75, 3.05) is 26.2 Å². The Labute approximate surface area is 126 Å². The van der Waals surface area contributed by atoms with Crippen molar-refractivity contribution in [1.29, 1.82) is 0 Å². The normalized spacial score (nSPS) is 28.1. The lowest BCUT2D eigenvalue weighted by molar-refractivity contribution is 0.0257. The molecule has 1 fully saturated rings. The van der Waals surface area contributed by atoms with E-state index < -0.39 is 5.60 Å². The van der Waals surface area contributed by atoms with Gasteiger partial charge in [-0.2, -0.15) is 0 Å². The monoisotopic (exact) mass is 284 g/mol. The Morgan fingerprint density at radius 1 is 1.20 bits per heavy atom. The maximum absolute atomic E-state index is 10.1. The quantitative estimate of drug-likeness (QED) is 0.719. The molecule has 3 nitrogen and oxygen atoms in total. The van der Waals surface area contributed by atoms with E-state index in [9.17, 15) is 5.11 Å². The number of rotatable bonds is 8. The van der Waals surface area contributed by atoms with E-state index >= 15 is 0 Å². The Hall–Kier alpha value is -0.120. The van der Waals surface area contributed by atoms with Crippen LogP contribution in [0.2, 0.25) is 0 Å². The Kier molecular flexibility index (Phi) is 7.49. The lowest BCUT2D eigenvalue weighted by atomic mass is 9.76. The van der Waals surface area contributed by atoms with Gasteiger partial charge in [0.25, 0.3) is 0 Å². The van der Waals surface area contributed by atoms with Crippen LogP contribution in [0.5, 0.6) is 0 Å². The van der Waals surface area contributed by atoms with Crippen LogP contribution in [0.3, 0.4) is 0 Å². The smallest absolute Gasteiger partial charge is 0.0718 e. The van der Waals surface area contributed by atoms with Gasteiger partial charge < -0.3 is 15.3 Å². The summed E-state index contributed by atoms with van der Waals surface area (Å²) >= 11 is 0. The minimum Gasteiger partial charge on any atom is -0.389 e. The van der Waals surface area contributed by atoms with Gasteiger partial charge in [-0.1, -0.05) is 27.2 Å². The number of hydrogen-bond donors (Lipinski definition) is 2. The first-order valence-corrected chi connectivity index (χ1v) is 8.57. The number of likely N-dealkylation sites (N-methyl/N-ethyl adjacent to an activating group) is 1. The molecule has 0 aromatic rings. The first kappa shape index (κ1) is 17.9. The van der Waals surface area contributed by atoms with Gasteiger partial charge >= 0.3 is 0 Å². The van der Waals surface area contributed by atoms with Crippen LogP contribution in [0.25, 0.3) is 0 Å². The van der Waals surface area contributed by atoms with E-state index in [1.165, 1.54) is 25.7 Å². The highest BCUT2D eigenvalue weighted by molar-refractivity contribution is 4.87. The summed E-state index contributed by atoms with van der Waals surface area (Å²) in [6.45, 7) is 14.5. The molecule has 0 bridgehead atoms. The highest BCUT2D eigenvalue weighted by Gasteiger charge is 2.31. The summed E-state index contributed by atoms with van der Waals surface area (Å²) in [4.78, 5) is 2.42. The van der Waals surface area contributed by atoms with Crippen LogP contribution in [0, 0.1) is 11.8 Å². The van der Waals surface area contributed by atoms with Gasteiger partial charge in [-0.05, 0) is 58.0 Å². The molecule has 0 spiro atoms. The highest BCUT2D eigenvalue weighted by atomic mass is 16.3. The first-order chi connectivity index (χ1) is 9.39. The molecule has 3 atom stereocenters. The van der Waals surface area contributed by atoms with Crippen LogP contribution < -0.4 is 5.32 Å². The molecular formula is C17H36N2O. The molecule has 1 rings (SSSR count). The molecule has 0 aliphatic heterocycles. The second kappa shape index (κ2) is 8.35. The van der Waals surface area contributed by atoms with E-state index in [1.54, 1.807) is 0 Å². The van der Waals surface area contributed by atoms with Crippen molar-refractivity contribution in [3.05, 3.63) is 0 Å². The average Bonchev–Trinajstić information content (AvgIpc) is 2.38. The van der Waals surface area contributed by atoms with Gasteiger partial charge in [-0.15, -0.1) is 0 Å². The molecule has 20 heavy (non-hydrogen) atoms. The fourth-order valence-corrected chi connectivity index (χ4v) is 3.65. The molecule has 0 heterocycles. The Balaban J connectivity index is 2.61. The molecule has 3 heteroatoms. The van der Waals surface area contributed by atoms with Crippen molar-refractivity contribution < 1.29 is 5.11 Å². The lowest BCUT2D eigenvalue weighted by Gasteiger charge is -2.40. The molecule has 1 aliphatic rings. The van der Waals surface area contributed by atoms with Crippen LogP contribution in [-0.2, 0) is 0 Å². The minimum absolute atomic E-state index is 0.595. The van der Waals surface area contributed by atoms with Crippen molar-refractivity contribution in [2.24, 2.45) is 11.8 Å². The van der Waals surface area contributed by atoms with Gasteiger partial charge in [-0.25, -0.2) is 0 Å². The second-order valence-electron chi connectivity index (χ2n) is 7.15. The summed E-state index contributed by atoms with van der Waals surface area (Å²) < 4.78 is 0. The molecule has 3 unspecified atom stereocenters. The van der Waals surface area contributed by atoms with Gasteiger partial charge in [0, 0.05) is 19.1 Å². The summed E-state index contributed by atoms with van der Waals surface area (Å²) in [5.41, 5.74) is -0.595. The minimum atomic E-state index is -0.595. The zero-order chi connectivity index (χ0) is 15.2. The van der Waals surface area contributed by atoms with Crippen molar-refractivity contribution in [1.82, 2.24) is 10.2 Å². The van der Waals surface area contributed by atoms with Gasteiger partial charge in [-0.3, -0.25) is 0 Å². The van der Waals surface area contributed by atoms with Crippen LogP contribution >= 0.6 is 0 Å². The van der Waals surface area contributed by atoms with E-state index in [0.29, 0.717) is 6.04 Å². The zero-order valence-electron chi connectivity index (χ0n) is 14.3. The molecule has 0 aromatic carbocycles.